The number of benzene rings is 1. The predicted octanol–water partition coefficient (Wildman–Crippen LogP) is 0.328. The summed E-state index contributed by atoms with van der Waals surface area (Å²) in [5, 5.41) is 0. The van der Waals surface area contributed by atoms with Gasteiger partial charge in [0.2, 0.25) is 0 Å². The fourth-order valence-electron chi connectivity index (χ4n) is 1.08. The van der Waals surface area contributed by atoms with Crippen molar-refractivity contribution in [3.8, 4) is 0 Å². The van der Waals surface area contributed by atoms with Crippen molar-refractivity contribution in [1.29, 1.82) is 0 Å². The highest BCUT2D eigenvalue weighted by Gasteiger charge is 2.23. The highest BCUT2D eigenvalue weighted by Crippen LogP contribution is 2.19. The van der Waals surface area contributed by atoms with Gasteiger partial charge in [-0.1, -0.05) is 12.1 Å². The van der Waals surface area contributed by atoms with Crippen LogP contribution in [0, 0.1) is 5.82 Å². The molecular formula is C9H10FNO4S. The highest BCUT2D eigenvalue weighted by atomic mass is 32.2. The van der Waals surface area contributed by atoms with Gasteiger partial charge in [0.05, 0.1) is 6.26 Å². The molecule has 7 heteroatoms. The Balaban J connectivity index is 3.03. The van der Waals surface area contributed by atoms with Gasteiger partial charge in [-0.05, 0) is 17.7 Å². The van der Waals surface area contributed by atoms with E-state index in [1.165, 1.54) is 12.1 Å². The highest BCUT2D eigenvalue weighted by molar-refractivity contribution is 7.86. The molecule has 1 aromatic carbocycles. The molecule has 0 aliphatic rings. The predicted molar refractivity (Wildman–Crippen MR) is 54.3 cm³/mol. The molecule has 0 spiro atoms. The first kappa shape index (κ1) is 12.6. The van der Waals surface area contributed by atoms with Crippen LogP contribution in [0.2, 0.25) is 0 Å². The number of carbonyl (C=O) groups is 1. The Hall–Kier alpha value is -1.47. The number of halogens is 1. The molecule has 1 atom stereocenters. The van der Waals surface area contributed by atoms with Gasteiger partial charge < -0.3 is 5.73 Å². The van der Waals surface area contributed by atoms with Crippen molar-refractivity contribution in [2.75, 3.05) is 6.26 Å². The van der Waals surface area contributed by atoms with E-state index in [1.807, 2.05) is 0 Å². The summed E-state index contributed by atoms with van der Waals surface area (Å²) >= 11 is 0. The van der Waals surface area contributed by atoms with E-state index >= 15 is 0 Å². The van der Waals surface area contributed by atoms with Crippen LogP contribution in [0.25, 0.3) is 0 Å². The molecule has 0 saturated heterocycles. The Bertz CT molecular complexity index is 483. The second-order valence-corrected chi connectivity index (χ2v) is 4.74. The van der Waals surface area contributed by atoms with Gasteiger partial charge in [0, 0.05) is 0 Å². The molecule has 16 heavy (non-hydrogen) atoms. The third-order valence-corrected chi connectivity index (χ3v) is 2.24. The summed E-state index contributed by atoms with van der Waals surface area (Å²) in [7, 11) is -3.82. The van der Waals surface area contributed by atoms with Crippen LogP contribution in [-0.4, -0.2) is 20.6 Å². The zero-order chi connectivity index (χ0) is 12.3. The molecule has 1 rings (SSSR count). The zero-order valence-electron chi connectivity index (χ0n) is 8.38. The molecular weight excluding hydrogens is 237 g/mol. The van der Waals surface area contributed by atoms with E-state index in [0.717, 1.165) is 18.4 Å². The zero-order valence-corrected chi connectivity index (χ0v) is 9.20. The standard InChI is InChI=1S/C9H10FNO4S/c1-16(13,14)15-8(9(11)12)6-2-4-7(10)5-3-6/h2-5,8H,1H3,(H2,11,12)/t8-/m1/s1. The average molecular weight is 247 g/mol. The Morgan fingerprint density at radius 3 is 2.25 bits per heavy atom. The third-order valence-electron chi connectivity index (χ3n) is 1.70. The van der Waals surface area contributed by atoms with Crippen molar-refractivity contribution in [3.63, 3.8) is 0 Å². The lowest BCUT2D eigenvalue weighted by Gasteiger charge is -2.12. The molecule has 2 N–H and O–H groups in total. The number of rotatable bonds is 4. The summed E-state index contributed by atoms with van der Waals surface area (Å²) in [4.78, 5) is 11.0. The molecule has 0 heterocycles. The Morgan fingerprint density at radius 2 is 1.88 bits per heavy atom. The lowest BCUT2D eigenvalue weighted by atomic mass is 10.1. The quantitative estimate of drug-likeness (QED) is 0.777. The lowest BCUT2D eigenvalue weighted by molar-refractivity contribution is -0.124. The van der Waals surface area contributed by atoms with Crippen molar-refractivity contribution in [2.45, 2.75) is 6.10 Å². The lowest BCUT2D eigenvalue weighted by Crippen LogP contribution is -2.25. The third kappa shape index (κ3) is 3.59. The van der Waals surface area contributed by atoms with Gasteiger partial charge in [0.1, 0.15) is 5.82 Å². The molecule has 0 aromatic heterocycles. The van der Waals surface area contributed by atoms with E-state index in [4.69, 9.17) is 5.73 Å². The fraction of sp³-hybridized carbons (Fsp3) is 0.222. The van der Waals surface area contributed by atoms with Crippen molar-refractivity contribution >= 4 is 16.0 Å². The summed E-state index contributed by atoms with van der Waals surface area (Å²) in [5.41, 5.74) is 5.17. The van der Waals surface area contributed by atoms with E-state index < -0.39 is 27.9 Å². The molecule has 88 valence electrons. The van der Waals surface area contributed by atoms with Crippen LogP contribution in [0.15, 0.2) is 24.3 Å². The molecule has 1 aromatic rings. The minimum atomic E-state index is -3.82. The van der Waals surface area contributed by atoms with Crippen molar-refractivity contribution in [2.24, 2.45) is 5.73 Å². The maximum atomic E-state index is 12.6. The smallest absolute Gasteiger partial charge is 0.265 e. The monoisotopic (exact) mass is 247 g/mol. The molecule has 0 fully saturated rings. The number of hydrogen-bond donors (Lipinski definition) is 1. The Morgan fingerprint density at radius 1 is 1.38 bits per heavy atom. The SMILES string of the molecule is CS(=O)(=O)O[C@@H](C(N)=O)c1ccc(F)cc1. The minimum absolute atomic E-state index is 0.180. The van der Waals surface area contributed by atoms with Crippen LogP contribution >= 0.6 is 0 Å². The number of nitrogens with two attached hydrogens (primary N) is 1. The van der Waals surface area contributed by atoms with Gasteiger partial charge in [0.25, 0.3) is 16.0 Å². The molecule has 0 bridgehead atoms. The van der Waals surface area contributed by atoms with Crippen molar-refractivity contribution in [1.82, 2.24) is 0 Å². The van der Waals surface area contributed by atoms with Crippen LogP contribution < -0.4 is 5.73 Å². The number of carbonyl (C=O) groups excluding carboxylic acids is 1. The summed E-state index contributed by atoms with van der Waals surface area (Å²) in [6.45, 7) is 0. The maximum absolute atomic E-state index is 12.6. The number of primary amides is 1. The molecule has 0 aliphatic carbocycles. The molecule has 0 unspecified atom stereocenters. The summed E-state index contributed by atoms with van der Waals surface area (Å²) in [5.74, 6) is -1.47. The first-order valence-electron chi connectivity index (χ1n) is 4.22. The Kier molecular flexibility index (Phi) is 3.61. The molecule has 1 amide bonds. The van der Waals surface area contributed by atoms with Crippen LogP contribution in [-0.2, 0) is 19.1 Å². The number of hydrogen-bond acceptors (Lipinski definition) is 4. The van der Waals surface area contributed by atoms with Gasteiger partial charge in [-0.2, -0.15) is 8.42 Å². The van der Waals surface area contributed by atoms with Crippen molar-refractivity contribution < 1.29 is 21.8 Å². The van der Waals surface area contributed by atoms with E-state index in [0.29, 0.717) is 0 Å². The summed E-state index contributed by atoms with van der Waals surface area (Å²) < 4.78 is 38.9. The average Bonchev–Trinajstić information content (AvgIpc) is 2.14. The largest absolute Gasteiger partial charge is 0.367 e. The topological polar surface area (TPSA) is 86.5 Å². The summed E-state index contributed by atoms with van der Waals surface area (Å²) in [6.07, 6.45) is -0.637. The second kappa shape index (κ2) is 4.58. The van der Waals surface area contributed by atoms with Gasteiger partial charge in [-0.15, -0.1) is 0 Å². The number of amides is 1. The molecule has 0 saturated carbocycles. The molecule has 0 radical (unpaired) electrons. The van der Waals surface area contributed by atoms with Crippen LogP contribution in [0.4, 0.5) is 4.39 Å². The van der Waals surface area contributed by atoms with Gasteiger partial charge in [-0.3, -0.25) is 8.98 Å². The first-order valence-corrected chi connectivity index (χ1v) is 6.04. The van der Waals surface area contributed by atoms with E-state index in [-0.39, 0.29) is 5.56 Å². The maximum Gasteiger partial charge on any atom is 0.265 e. The molecule has 5 nitrogen and oxygen atoms in total. The molecule has 0 aliphatic heterocycles. The van der Waals surface area contributed by atoms with E-state index in [1.54, 1.807) is 0 Å². The van der Waals surface area contributed by atoms with Gasteiger partial charge >= 0.3 is 0 Å². The Labute approximate surface area is 92.1 Å². The van der Waals surface area contributed by atoms with E-state index in [2.05, 4.69) is 4.18 Å². The van der Waals surface area contributed by atoms with Crippen LogP contribution in [0.3, 0.4) is 0 Å². The van der Waals surface area contributed by atoms with Crippen LogP contribution in [0.1, 0.15) is 11.7 Å². The van der Waals surface area contributed by atoms with E-state index in [9.17, 15) is 17.6 Å². The second-order valence-electron chi connectivity index (χ2n) is 3.13. The van der Waals surface area contributed by atoms with Gasteiger partial charge in [-0.25, -0.2) is 4.39 Å². The normalized spacial score (nSPS) is 13.4. The van der Waals surface area contributed by atoms with Crippen LogP contribution in [0.5, 0.6) is 0 Å². The first-order chi connectivity index (χ1) is 7.29. The van der Waals surface area contributed by atoms with Crippen molar-refractivity contribution in [3.05, 3.63) is 35.6 Å². The summed E-state index contributed by atoms with van der Waals surface area (Å²) in [6, 6.07) is 4.62. The van der Waals surface area contributed by atoms with Gasteiger partial charge in [0.15, 0.2) is 6.10 Å². The fourth-order valence-corrected chi connectivity index (χ4v) is 1.64. The minimum Gasteiger partial charge on any atom is -0.367 e.